The van der Waals surface area contributed by atoms with Gasteiger partial charge in [0.2, 0.25) is 0 Å². The van der Waals surface area contributed by atoms with Gasteiger partial charge in [-0.15, -0.1) is 0 Å². The molecule has 0 aromatic heterocycles. The highest BCUT2D eigenvalue weighted by atomic mass is 32.2. The normalized spacial score (nSPS) is 19.5. The van der Waals surface area contributed by atoms with Crippen molar-refractivity contribution in [3.8, 4) is 5.75 Å². The van der Waals surface area contributed by atoms with Gasteiger partial charge in [0.25, 0.3) is 0 Å². The van der Waals surface area contributed by atoms with Crippen LogP contribution in [0.5, 0.6) is 5.75 Å². The minimum absolute atomic E-state index is 0.105. The first-order valence-electron chi connectivity index (χ1n) is 7.73. The first kappa shape index (κ1) is 17.1. The predicted molar refractivity (Wildman–Crippen MR) is 89.6 cm³/mol. The molecule has 1 aromatic carbocycles. The Hall–Kier alpha value is -1.27. The first-order valence-corrected chi connectivity index (χ1v) is 9.38. The monoisotopic (exact) mass is 326 g/mol. The van der Waals surface area contributed by atoms with E-state index in [0.29, 0.717) is 10.9 Å². The summed E-state index contributed by atoms with van der Waals surface area (Å²) in [6.45, 7) is 8.56. The Balaban J connectivity index is 2.42. The molecule has 1 aromatic rings. The van der Waals surface area contributed by atoms with Crippen LogP contribution < -0.4 is 15.0 Å². The second kappa shape index (κ2) is 6.87. The Morgan fingerprint density at radius 2 is 2.14 bits per heavy atom. The highest BCUT2D eigenvalue weighted by Gasteiger charge is 2.24. The standard InChI is InChI=1S/C16H26N2O3S/c1-12(2)11-22(19,20)14-5-6-16(21-4)15(9-14)18-8-7-17-10-13(18)3/h5-6,9,12-13,17H,7-8,10-11H2,1-4H3. The van der Waals surface area contributed by atoms with Crippen molar-refractivity contribution >= 4 is 15.5 Å². The van der Waals surface area contributed by atoms with Crippen molar-refractivity contribution in [2.45, 2.75) is 31.7 Å². The van der Waals surface area contributed by atoms with Gasteiger partial charge < -0.3 is 15.0 Å². The summed E-state index contributed by atoms with van der Waals surface area (Å²) in [7, 11) is -1.64. The summed E-state index contributed by atoms with van der Waals surface area (Å²) >= 11 is 0. The maximum absolute atomic E-state index is 12.5. The lowest BCUT2D eigenvalue weighted by atomic mass is 10.1. The van der Waals surface area contributed by atoms with E-state index in [1.807, 2.05) is 13.8 Å². The van der Waals surface area contributed by atoms with Crippen LogP contribution in [0.4, 0.5) is 5.69 Å². The molecule has 0 radical (unpaired) electrons. The second-order valence-corrected chi connectivity index (χ2v) is 8.29. The fourth-order valence-electron chi connectivity index (χ4n) is 2.82. The number of nitrogens with one attached hydrogen (secondary N) is 1. The molecule has 0 spiro atoms. The Morgan fingerprint density at radius 1 is 1.41 bits per heavy atom. The molecule has 1 N–H and O–H groups in total. The third kappa shape index (κ3) is 3.73. The van der Waals surface area contributed by atoms with Gasteiger partial charge in [0.05, 0.1) is 23.4 Å². The molecule has 22 heavy (non-hydrogen) atoms. The molecule has 0 saturated carbocycles. The van der Waals surface area contributed by atoms with Crippen LogP contribution in [0.3, 0.4) is 0 Å². The Kier molecular flexibility index (Phi) is 5.34. The van der Waals surface area contributed by atoms with Gasteiger partial charge in [-0.05, 0) is 31.0 Å². The zero-order chi connectivity index (χ0) is 16.3. The molecule has 1 aliphatic rings. The van der Waals surface area contributed by atoms with Gasteiger partial charge in [0.1, 0.15) is 5.75 Å². The van der Waals surface area contributed by atoms with Crippen molar-refractivity contribution in [2.24, 2.45) is 5.92 Å². The summed E-state index contributed by atoms with van der Waals surface area (Å²) in [6.07, 6.45) is 0. The molecule has 1 unspecified atom stereocenters. The summed E-state index contributed by atoms with van der Waals surface area (Å²) in [6, 6.07) is 5.47. The van der Waals surface area contributed by atoms with Crippen molar-refractivity contribution in [2.75, 3.05) is 37.4 Å². The molecule has 0 aliphatic carbocycles. The van der Waals surface area contributed by atoms with Crippen molar-refractivity contribution in [3.05, 3.63) is 18.2 Å². The van der Waals surface area contributed by atoms with Gasteiger partial charge in [0.15, 0.2) is 9.84 Å². The van der Waals surface area contributed by atoms with Gasteiger partial charge in [-0.3, -0.25) is 0 Å². The van der Waals surface area contributed by atoms with Gasteiger partial charge in [0, 0.05) is 25.7 Å². The number of benzene rings is 1. The fourth-order valence-corrected chi connectivity index (χ4v) is 4.46. The molecule has 0 amide bonds. The van der Waals surface area contributed by atoms with Gasteiger partial charge in [-0.2, -0.15) is 0 Å². The van der Waals surface area contributed by atoms with Gasteiger partial charge in [-0.1, -0.05) is 13.8 Å². The first-order chi connectivity index (χ1) is 10.3. The Labute approximate surface area is 133 Å². The number of nitrogens with zero attached hydrogens (tertiary/aromatic N) is 1. The molecular formula is C16H26N2O3S. The third-order valence-corrected chi connectivity index (χ3v) is 5.95. The molecular weight excluding hydrogens is 300 g/mol. The van der Waals surface area contributed by atoms with Crippen LogP contribution in [0.25, 0.3) is 0 Å². The summed E-state index contributed by atoms with van der Waals surface area (Å²) < 4.78 is 30.4. The topological polar surface area (TPSA) is 58.6 Å². The van der Waals surface area contributed by atoms with E-state index in [2.05, 4.69) is 17.1 Å². The molecule has 1 fully saturated rings. The summed E-state index contributed by atoms with van der Waals surface area (Å²) in [5.74, 6) is 0.987. The quantitative estimate of drug-likeness (QED) is 0.896. The fraction of sp³-hybridized carbons (Fsp3) is 0.625. The van der Waals surface area contributed by atoms with E-state index < -0.39 is 9.84 Å². The predicted octanol–water partition coefficient (Wildman–Crippen LogP) is 1.92. The molecule has 1 saturated heterocycles. The highest BCUT2D eigenvalue weighted by molar-refractivity contribution is 7.91. The number of sulfone groups is 1. The highest BCUT2D eigenvalue weighted by Crippen LogP contribution is 2.33. The molecule has 6 heteroatoms. The third-order valence-electron chi connectivity index (χ3n) is 3.87. The lowest BCUT2D eigenvalue weighted by molar-refractivity contribution is 0.408. The van der Waals surface area contributed by atoms with Gasteiger partial charge >= 0.3 is 0 Å². The minimum atomic E-state index is -3.26. The Bertz CT molecular complexity index is 614. The number of piperazine rings is 1. The van der Waals surface area contributed by atoms with E-state index in [1.54, 1.807) is 25.3 Å². The molecule has 0 bridgehead atoms. The van der Waals surface area contributed by atoms with Crippen LogP contribution in [-0.2, 0) is 9.84 Å². The number of hydrogen-bond acceptors (Lipinski definition) is 5. The number of rotatable bonds is 5. The average Bonchev–Trinajstić information content (AvgIpc) is 2.46. The molecule has 1 heterocycles. The van der Waals surface area contributed by atoms with E-state index in [0.717, 1.165) is 31.1 Å². The van der Waals surface area contributed by atoms with Crippen LogP contribution in [0.1, 0.15) is 20.8 Å². The zero-order valence-corrected chi connectivity index (χ0v) is 14.6. The minimum Gasteiger partial charge on any atom is -0.495 e. The average molecular weight is 326 g/mol. The van der Waals surface area contributed by atoms with Crippen molar-refractivity contribution in [1.82, 2.24) is 5.32 Å². The van der Waals surface area contributed by atoms with Crippen molar-refractivity contribution < 1.29 is 13.2 Å². The summed E-state index contributed by atoms with van der Waals surface area (Å²) in [4.78, 5) is 2.59. The van der Waals surface area contributed by atoms with E-state index in [4.69, 9.17) is 4.74 Å². The van der Waals surface area contributed by atoms with Crippen molar-refractivity contribution in [1.29, 1.82) is 0 Å². The lowest BCUT2D eigenvalue weighted by Gasteiger charge is -2.36. The van der Waals surface area contributed by atoms with Crippen molar-refractivity contribution in [3.63, 3.8) is 0 Å². The van der Waals surface area contributed by atoms with Crippen LogP contribution in [-0.4, -0.2) is 47.0 Å². The molecule has 5 nitrogen and oxygen atoms in total. The maximum atomic E-state index is 12.5. The zero-order valence-electron chi connectivity index (χ0n) is 13.8. The number of anilines is 1. The van der Waals surface area contributed by atoms with E-state index >= 15 is 0 Å². The molecule has 1 aliphatic heterocycles. The Morgan fingerprint density at radius 3 is 2.73 bits per heavy atom. The summed E-state index contributed by atoms with van der Waals surface area (Å²) in [5.41, 5.74) is 0.862. The SMILES string of the molecule is COc1ccc(S(=O)(=O)CC(C)C)cc1N1CCNCC1C. The molecule has 1 atom stereocenters. The van der Waals surface area contributed by atoms with Crippen LogP contribution in [0, 0.1) is 5.92 Å². The smallest absolute Gasteiger partial charge is 0.178 e. The number of methoxy groups -OCH3 is 1. The summed E-state index contributed by atoms with van der Waals surface area (Å²) in [5, 5.41) is 3.34. The van der Waals surface area contributed by atoms with Crippen LogP contribution in [0.15, 0.2) is 23.1 Å². The molecule has 124 valence electrons. The lowest BCUT2D eigenvalue weighted by Crippen LogP contribution is -2.50. The molecule has 2 rings (SSSR count). The largest absolute Gasteiger partial charge is 0.495 e. The van der Waals surface area contributed by atoms with E-state index in [9.17, 15) is 8.42 Å². The van der Waals surface area contributed by atoms with E-state index in [1.165, 1.54) is 0 Å². The van der Waals surface area contributed by atoms with Gasteiger partial charge in [-0.25, -0.2) is 8.42 Å². The maximum Gasteiger partial charge on any atom is 0.178 e. The van der Waals surface area contributed by atoms with Crippen LogP contribution in [0.2, 0.25) is 0 Å². The number of ether oxygens (including phenoxy) is 1. The number of hydrogen-bond donors (Lipinski definition) is 1. The second-order valence-electron chi connectivity index (χ2n) is 6.26. The van der Waals surface area contributed by atoms with E-state index in [-0.39, 0.29) is 11.7 Å². The van der Waals surface area contributed by atoms with Crippen LogP contribution >= 0.6 is 0 Å².